The molecule has 0 spiro atoms. The van der Waals surface area contributed by atoms with Gasteiger partial charge in [0.25, 0.3) is 0 Å². The fraction of sp³-hybridized carbons (Fsp3) is 0.786. The van der Waals surface area contributed by atoms with Crippen molar-refractivity contribution in [1.82, 2.24) is 4.90 Å². The molecule has 0 aromatic heterocycles. The van der Waals surface area contributed by atoms with Crippen LogP contribution in [-0.4, -0.2) is 47.2 Å². The van der Waals surface area contributed by atoms with E-state index in [9.17, 15) is 9.59 Å². The molecule has 1 aliphatic carbocycles. The molecule has 1 saturated carbocycles. The second kappa shape index (κ2) is 6.68. The zero-order valence-corrected chi connectivity index (χ0v) is 11.3. The third kappa shape index (κ3) is 4.04. The van der Waals surface area contributed by atoms with E-state index in [-0.39, 0.29) is 12.3 Å². The molecule has 0 bridgehead atoms. The Balaban J connectivity index is 1.68. The number of likely N-dealkylation sites (tertiary alicyclic amines) is 1. The Bertz CT molecular complexity index is 371. The number of aliphatic imine (C=N–C) groups is 1. The summed E-state index contributed by atoms with van der Waals surface area (Å²) >= 11 is 0. The number of nitrogens with zero attached hydrogens (tertiary/aromatic N) is 2. The van der Waals surface area contributed by atoms with Gasteiger partial charge in [-0.1, -0.05) is 6.42 Å². The summed E-state index contributed by atoms with van der Waals surface area (Å²) in [6.45, 7) is 1.76. The average Bonchev–Trinajstić information content (AvgIpc) is 2.78. The minimum atomic E-state index is -0.863. The summed E-state index contributed by atoms with van der Waals surface area (Å²) in [6, 6.07) is 0. The highest BCUT2D eigenvalue weighted by molar-refractivity contribution is 5.86. The number of aliphatic carboxylic acids is 1. The third-order valence-corrected chi connectivity index (χ3v) is 3.92. The number of hydrogen-bond donors (Lipinski definition) is 1. The van der Waals surface area contributed by atoms with Crippen LogP contribution in [0.5, 0.6) is 0 Å². The van der Waals surface area contributed by atoms with E-state index >= 15 is 0 Å². The molecule has 2 aliphatic rings. The van der Waals surface area contributed by atoms with Crippen molar-refractivity contribution in [3.05, 3.63) is 0 Å². The second-order valence-electron chi connectivity index (χ2n) is 5.44. The lowest BCUT2D eigenvalue weighted by atomic mass is 9.98. The summed E-state index contributed by atoms with van der Waals surface area (Å²) in [5.41, 5.74) is 1.32. The molecule has 2 fully saturated rings. The van der Waals surface area contributed by atoms with E-state index in [1.165, 1.54) is 25.0 Å². The van der Waals surface area contributed by atoms with Crippen molar-refractivity contribution in [3.63, 3.8) is 0 Å². The number of hydrogen-bond acceptors (Lipinski definition) is 3. The maximum Gasteiger partial charge on any atom is 0.308 e. The summed E-state index contributed by atoms with van der Waals surface area (Å²) in [6.07, 6.45) is 7.07. The van der Waals surface area contributed by atoms with E-state index in [4.69, 9.17) is 5.11 Å². The molecule has 1 saturated heterocycles. The highest BCUT2D eigenvalue weighted by Gasteiger charge is 2.33. The van der Waals surface area contributed by atoms with Crippen molar-refractivity contribution in [2.24, 2.45) is 10.9 Å². The first-order valence-electron chi connectivity index (χ1n) is 7.19. The normalized spacial score (nSPS) is 23.8. The van der Waals surface area contributed by atoms with Gasteiger partial charge >= 0.3 is 5.97 Å². The summed E-state index contributed by atoms with van der Waals surface area (Å²) in [5.74, 6) is -1.41. The molecule has 1 heterocycles. The van der Waals surface area contributed by atoms with E-state index in [2.05, 4.69) is 4.99 Å². The largest absolute Gasteiger partial charge is 0.481 e. The fourth-order valence-corrected chi connectivity index (χ4v) is 2.77. The maximum absolute atomic E-state index is 11.6. The molecule has 106 valence electrons. The molecule has 19 heavy (non-hydrogen) atoms. The number of amides is 1. The van der Waals surface area contributed by atoms with Gasteiger partial charge in [0.2, 0.25) is 5.91 Å². The van der Waals surface area contributed by atoms with Crippen LogP contribution in [0.2, 0.25) is 0 Å². The van der Waals surface area contributed by atoms with E-state index < -0.39 is 11.9 Å². The van der Waals surface area contributed by atoms with Crippen LogP contribution in [0.3, 0.4) is 0 Å². The summed E-state index contributed by atoms with van der Waals surface area (Å²) < 4.78 is 0. The van der Waals surface area contributed by atoms with E-state index in [1.807, 2.05) is 0 Å². The highest BCUT2D eigenvalue weighted by Crippen LogP contribution is 2.18. The topological polar surface area (TPSA) is 70.0 Å². The molecular weight excluding hydrogens is 244 g/mol. The second-order valence-corrected chi connectivity index (χ2v) is 5.44. The van der Waals surface area contributed by atoms with Crippen LogP contribution in [0, 0.1) is 5.92 Å². The highest BCUT2D eigenvalue weighted by atomic mass is 16.4. The van der Waals surface area contributed by atoms with Crippen molar-refractivity contribution in [2.45, 2.75) is 44.9 Å². The molecule has 5 heteroatoms. The van der Waals surface area contributed by atoms with Crippen molar-refractivity contribution in [2.75, 3.05) is 19.6 Å². The smallest absolute Gasteiger partial charge is 0.308 e. The Hall–Kier alpha value is -1.39. The zero-order valence-electron chi connectivity index (χ0n) is 11.3. The van der Waals surface area contributed by atoms with Gasteiger partial charge in [-0.3, -0.25) is 14.6 Å². The maximum atomic E-state index is 11.6. The van der Waals surface area contributed by atoms with Gasteiger partial charge in [-0.05, 0) is 32.1 Å². The minimum Gasteiger partial charge on any atom is -0.481 e. The van der Waals surface area contributed by atoms with Gasteiger partial charge in [-0.2, -0.15) is 0 Å². The first kappa shape index (κ1) is 14.0. The van der Waals surface area contributed by atoms with Crippen LogP contribution in [0.15, 0.2) is 4.99 Å². The Morgan fingerprint density at radius 1 is 1.32 bits per heavy atom. The molecule has 1 aliphatic heterocycles. The molecule has 1 unspecified atom stereocenters. The monoisotopic (exact) mass is 266 g/mol. The van der Waals surface area contributed by atoms with Crippen LogP contribution in [0.1, 0.15) is 44.9 Å². The first-order valence-corrected chi connectivity index (χ1v) is 7.19. The van der Waals surface area contributed by atoms with Crippen molar-refractivity contribution in [1.29, 1.82) is 0 Å². The minimum absolute atomic E-state index is 0.0299. The Kier molecular flexibility index (Phi) is 4.93. The Morgan fingerprint density at radius 2 is 2.05 bits per heavy atom. The Morgan fingerprint density at radius 3 is 2.68 bits per heavy atom. The number of carboxylic acid groups (broad SMARTS) is 1. The summed E-state index contributed by atoms with van der Waals surface area (Å²) in [7, 11) is 0. The molecule has 0 aromatic carbocycles. The lowest BCUT2D eigenvalue weighted by Crippen LogP contribution is -2.27. The average molecular weight is 266 g/mol. The summed E-state index contributed by atoms with van der Waals surface area (Å²) in [5, 5.41) is 8.89. The van der Waals surface area contributed by atoms with Gasteiger partial charge in [0, 0.05) is 31.8 Å². The quantitative estimate of drug-likeness (QED) is 0.770. The molecule has 1 N–H and O–H groups in total. The van der Waals surface area contributed by atoms with E-state index in [1.54, 1.807) is 4.90 Å². The van der Waals surface area contributed by atoms with E-state index in [0.717, 1.165) is 25.8 Å². The molecule has 1 atom stereocenters. The van der Waals surface area contributed by atoms with Crippen molar-refractivity contribution in [3.8, 4) is 0 Å². The lowest BCUT2D eigenvalue weighted by molar-refractivity contribution is -0.141. The number of carbonyl (C=O) groups is 2. The van der Waals surface area contributed by atoms with Crippen molar-refractivity contribution < 1.29 is 14.7 Å². The standard InChI is InChI=1S/C14H22N2O3/c17-13-9-11(14(18)19)10-16(13)8-4-7-15-12-5-2-1-3-6-12/h11H,1-10H2,(H,18,19). The van der Waals surface area contributed by atoms with Gasteiger partial charge < -0.3 is 10.0 Å². The van der Waals surface area contributed by atoms with Gasteiger partial charge in [0.15, 0.2) is 0 Å². The van der Waals surface area contributed by atoms with Crippen LogP contribution in [0.4, 0.5) is 0 Å². The fourth-order valence-electron chi connectivity index (χ4n) is 2.77. The zero-order chi connectivity index (χ0) is 13.7. The van der Waals surface area contributed by atoms with Crippen LogP contribution in [-0.2, 0) is 9.59 Å². The molecule has 2 rings (SSSR count). The Labute approximate surface area is 113 Å². The SMILES string of the molecule is O=C(O)C1CC(=O)N(CCCN=C2CCCCC2)C1. The van der Waals surface area contributed by atoms with Crippen molar-refractivity contribution >= 4 is 17.6 Å². The predicted octanol–water partition coefficient (Wildman–Crippen LogP) is 1.71. The molecular formula is C14H22N2O3. The predicted molar refractivity (Wildman–Crippen MR) is 72.3 cm³/mol. The summed E-state index contributed by atoms with van der Waals surface area (Å²) in [4.78, 5) is 28.7. The molecule has 5 nitrogen and oxygen atoms in total. The van der Waals surface area contributed by atoms with Crippen LogP contribution in [0.25, 0.3) is 0 Å². The number of carbonyl (C=O) groups excluding carboxylic acids is 1. The lowest BCUT2D eigenvalue weighted by Gasteiger charge is -2.16. The molecule has 0 radical (unpaired) electrons. The van der Waals surface area contributed by atoms with Gasteiger partial charge in [0.05, 0.1) is 5.92 Å². The molecule has 0 aromatic rings. The first-order chi connectivity index (χ1) is 9.16. The molecule has 1 amide bonds. The van der Waals surface area contributed by atoms with Gasteiger partial charge in [-0.15, -0.1) is 0 Å². The van der Waals surface area contributed by atoms with Crippen LogP contribution >= 0.6 is 0 Å². The number of rotatable bonds is 5. The van der Waals surface area contributed by atoms with Crippen LogP contribution < -0.4 is 0 Å². The number of carboxylic acids is 1. The van der Waals surface area contributed by atoms with E-state index in [0.29, 0.717) is 13.1 Å². The third-order valence-electron chi connectivity index (χ3n) is 3.92. The van der Waals surface area contributed by atoms with Gasteiger partial charge in [-0.25, -0.2) is 0 Å². The van der Waals surface area contributed by atoms with Gasteiger partial charge in [0.1, 0.15) is 0 Å².